The Morgan fingerprint density at radius 3 is 2.65 bits per heavy atom. The summed E-state index contributed by atoms with van der Waals surface area (Å²) in [6.07, 6.45) is -0.667. The third kappa shape index (κ3) is 4.03. The summed E-state index contributed by atoms with van der Waals surface area (Å²) in [5, 5.41) is 20.5. The van der Waals surface area contributed by atoms with Crippen LogP contribution in [0.15, 0.2) is 18.2 Å². The van der Waals surface area contributed by atoms with E-state index in [1.54, 1.807) is 20.8 Å². The van der Waals surface area contributed by atoms with Crippen LogP contribution in [0.1, 0.15) is 26.3 Å². The van der Waals surface area contributed by atoms with Gasteiger partial charge in [0.05, 0.1) is 11.3 Å². The van der Waals surface area contributed by atoms with Gasteiger partial charge in [-0.2, -0.15) is 5.26 Å². The van der Waals surface area contributed by atoms with Gasteiger partial charge in [-0.05, 0) is 32.9 Å². The normalized spacial score (nSPS) is 10.5. The Morgan fingerprint density at radius 2 is 2.12 bits per heavy atom. The lowest BCUT2D eigenvalue weighted by Crippen LogP contribution is -2.27. The van der Waals surface area contributed by atoms with Crippen LogP contribution in [0.4, 0.5) is 10.5 Å². The van der Waals surface area contributed by atoms with Gasteiger partial charge in [0.2, 0.25) is 0 Å². The number of rotatable bonds is 1. The number of phenols is 1. The molecular formula is C12H14N2O3. The number of hydrogen-bond acceptors (Lipinski definition) is 4. The van der Waals surface area contributed by atoms with Gasteiger partial charge in [0.15, 0.2) is 0 Å². The quantitative estimate of drug-likeness (QED) is 0.782. The highest BCUT2D eigenvalue weighted by molar-refractivity contribution is 5.87. The molecule has 5 heteroatoms. The van der Waals surface area contributed by atoms with E-state index in [2.05, 4.69) is 5.32 Å². The summed E-state index contributed by atoms with van der Waals surface area (Å²) in [5.74, 6) is -0.0324. The number of carbonyl (C=O) groups excluding carboxylic acids is 1. The molecule has 90 valence electrons. The fraction of sp³-hybridized carbons (Fsp3) is 0.333. The molecule has 2 N–H and O–H groups in total. The Hall–Kier alpha value is -2.22. The van der Waals surface area contributed by atoms with Crippen molar-refractivity contribution >= 4 is 11.8 Å². The topological polar surface area (TPSA) is 82.3 Å². The van der Waals surface area contributed by atoms with E-state index in [1.807, 2.05) is 6.07 Å². The zero-order chi connectivity index (χ0) is 13.1. The summed E-state index contributed by atoms with van der Waals surface area (Å²) >= 11 is 0. The Balaban J connectivity index is 2.85. The smallest absolute Gasteiger partial charge is 0.412 e. The molecule has 1 amide bonds. The summed E-state index contributed by atoms with van der Waals surface area (Å²) in [5.41, 5.74) is -0.135. The molecule has 0 unspecified atom stereocenters. The molecule has 17 heavy (non-hydrogen) atoms. The van der Waals surface area contributed by atoms with E-state index < -0.39 is 11.7 Å². The lowest BCUT2D eigenvalue weighted by atomic mass is 10.2. The van der Waals surface area contributed by atoms with Gasteiger partial charge in [0.25, 0.3) is 0 Å². The third-order valence-electron chi connectivity index (χ3n) is 1.76. The van der Waals surface area contributed by atoms with E-state index in [0.29, 0.717) is 0 Å². The zero-order valence-electron chi connectivity index (χ0n) is 9.94. The van der Waals surface area contributed by atoms with Gasteiger partial charge in [-0.15, -0.1) is 0 Å². The number of benzene rings is 1. The lowest BCUT2D eigenvalue weighted by Gasteiger charge is -2.19. The van der Waals surface area contributed by atoms with Crippen molar-refractivity contribution in [2.24, 2.45) is 0 Å². The highest BCUT2D eigenvalue weighted by Crippen LogP contribution is 2.21. The van der Waals surface area contributed by atoms with Crippen LogP contribution >= 0.6 is 0 Å². The van der Waals surface area contributed by atoms with Crippen molar-refractivity contribution in [3.63, 3.8) is 0 Å². The number of anilines is 1. The van der Waals surface area contributed by atoms with Crippen molar-refractivity contribution in [2.45, 2.75) is 26.4 Å². The van der Waals surface area contributed by atoms with Crippen molar-refractivity contribution in [3.8, 4) is 11.8 Å². The molecular weight excluding hydrogens is 220 g/mol. The first-order valence-electron chi connectivity index (χ1n) is 5.05. The van der Waals surface area contributed by atoms with Gasteiger partial charge in [-0.3, -0.25) is 5.32 Å². The van der Waals surface area contributed by atoms with Crippen LogP contribution in [0.3, 0.4) is 0 Å². The first kappa shape index (κ1) is 12.8. The number of ether oxygens (including phenoxy) is 1. The van der Waals surface area contributed by atoms with E-state index >= 15 is 0 Å². The molecule has 0 saturated heterocycles. The summed E-state index contributed by atoms with van der Waals surface area (Å²) in [7, 11) is 0. The third-order valence-corrected chi connectivity index (χ3v) is 1.76. The molecule has 0 aliphatic rings. The average molecular weight is 234 g/mol. The molecule has 1 aromatic rings. The molecule has 0 aromatic heterocycles. The minimum absolute atomic E-state index is 0.0324. The van der Waals surface area contributed by atoms with Crippen molar-refractivity contribution in [2.75, 3.05) is 5.32 Å². The minimum Gasteiger partial charge on any atom is -0.508 e. The van der Waals surface area contributed by atoms with Crippen LogP contribution in [-0.2, 0) is 4.74 Å². The van der Waals surface area contributed by atoms with Crippen LogP contribution in [-0.4, -0.2) is 16.8 Å². The lowest BCUT2D eigenvalue weighted by molar-refractivity contribution is 0.0636. The number of nitrogens with zero attached hydrogens (tertiary/aromatic N) is 1. The predicted octanol–water partition coefficient (Wildman–Crippen LogP) is 2.61. The first-order chi connectivity index (χ1) is 7.81. The zero-order valence-corrected chi connectivity index (χ0v) is 9.94. The average Bonchev–Trinajstić information content (AvgIpc) is 2.14. The minimum atomic E-state index is -0.667. The first-order valence-corrected chi connectivity index (χ1v) is 5.05. The van der Waals surface area contributed by atoms with E-state index in [1.165, 1.54) is 18.2 Å². The molecule has 0 atom stereocenters. The molecule has 1 aromatic carbocycles. The number of aromatic hydroxyl groups is 1. The summed E-state index contributed by atoms with van der Waals surface area (Å²) in [4.78, 5) is 11.5. The number of nitriles is 1. The maximum absolute atomic E-state index is 11.5. The van der Waals surface area contributed by atoms with Gasteiger partial charge in [0, 0.05) is 6.07 Å². The predicted molar refractivity (Wildman–Crippen MR) is 62.7 cm³/mol. The monoisotopic (exact) mass is 234 g/mol. The second kappa shape index (κ2) is 4.74. The maximum atomic E-state index is 11.5. The SMILES string of the molecule is CC(C)(C)OC(=O)Nc1cc(O)ccc1C#N. The van der Waals surface area contributed by atoms with Crippen LogP contribution in [0.25, 0.3) is 0 Å². The van der Waals surface area contributed by atoms with Crippen molar-refractivity contribution in [1.82, 2.24) is 0 Å². The van der Waals surface area contributed by atoms with Gasteiger partial charge in [-0.25, -0.2) is 4.79 Å². The van der Waals surface area contributed by atoms with Gasteiger partial charge >= 0.3 is 6.09 Å². The van der Waals surface area contributed by atoms with E-state index in [-0.39, 0.29) is 17.0 Å². The van der Waals surface area contributed by atoms with E-state index in [9.17, 15) is 9.90 Å². The molecule has 0 bridgehead atoms. The molecule has 1 rings (SSSR count). The van der Waals surface area contributed by atoms with Gasteiger partial charge in [0.1, 0.15) is 17.4 Å². The van der Waals surface area contributed by atoms with Gasteiger partial charge in [-0.1, -0.05) is 0 Å². The summed E-state index contributed by atoms with van der Waals surface area (Å²) < 4.78 is 5.04. The van der Waals surface area contributed by atoms with Crippen molar-refractivity contribution in [1.29, 1.82) is 5.26 Å². The summed E-state index contributed by atoms with van der Waals surface area (Å²) in [6.45, 7) is 5.21. The Labute approximate surface area is 99.6 Å². The molecule has 0 heterocycles. The standard InChI is InChI=1S/C12H14N2O3/c1-12(2,3)17-11(16)14-10-6-9(15)5-4-8(10)7-13/h4-6,15H,1-3H3,(H,14,16). The fourth-order valence-electron chi connectivity index (χ4n) is 1.15. The molecule has 0 saturated carbocycles. The number of nitrogens with one attached hydrogen (secondary N) is 1. The number of amides is 1. The van der Waals surface area contributed by atoms with Crippen LogP contribution in [0.5, 0.6) is 5.75 Å². The Kier molecular flexibility index (Phi) is 3.59. The second-order valence-electron chi connectivity index (χ2n) is 4.47. The Morgan fingerprint density at radius 1 is 1.47 bits per heavy atom. The van der Waals surface area contributed by atoms with E-state index in [0.717, 1.165) is 0 Å². The highest BCUT2D eigenvalue weighted by atomic mass is 16.6. The molecule has 0 spiro atoms. The van der Waals surface area contributed by atoms with Gasteiger partial charge < -0.3 is 9.84 Å². The maximum Gasteiger partial charge on any atom is 0.412 e. The molecule has 0 fully saturated rings. The van der Waals surface area contributed by atoms with E-state index in [4.69, 9.17) is 10.00 Å². The van der Waals surface area contributed by atoms with Crippen molar-refractivity contribution in [3.05, 3.63) is 23.8 Å². The van der Waals surface area contributed by atoms with Crippen LogP contribution < -0.4 is 5.32 Å². The van der Waals surface area contributed by atoms with Crippen LogP contribution in [0.2, 0.25) is 0 Å². The molecule has 0 aliphatic carbocycles. The van der Waals surface area contributed by atoms with Crippen LogP contribution in [0, 0.1) is 11.3 Å². The second-order valence-corrected chi connectivity index (χ2v) is 4.47. The molecule has 0 aliphatic heterocycles. The van der Waals surface area contributed by atoms with Crippen molar-refractivity contribution < 1.29 is 14.6 Å². The fourth-order valence-corrected chi connectivity index (χ4v) is 1.15. The Bertz CT molecular complexity index is 470. The summed E-state index contributed by atoms with van der Waals surface area (Å²) in [6, 6.07) is 6.00. The molecule has 5 nitrogen and oxygen atoms in total. The number of phenolic OH excluding ortho intramolecular Hbond substituents is 1. The number of carbonyl (C=O) groups is 1. The number of hydrogen-bond donors (Lipinski definition) is 2. The highest BCUT2D eigenvalue weighted by Gasteiger charge is 2.17. The molecule has 0 radical (unpaired) electrons. The largest absolute Gasteiger partial charge is 0.508 e.